The molecule has 1 amide bonds. The Morgan fingerprint density at radius 2 is 1.91 bits per heavy atom. The number of hydrogen-bond acceptors (Lipinski definition) is 7. The second-order valence-corrected chi connectivity index (χ2v) is 14.4. The van der Waals surface area contributed by atoms with Crippen molar-refractivity contribution in [2.75, 3.05) is 31.0 Å². The molecule has 4 aromatic rings. The van der Waals surface area contributed by atoms with Crippen LogP contribution in [0.15, 0.2) is 30.3 Å². The number of ether oxygens (including phenoxy) is 1. The number of carbonyl (C=O) groups is 1. The Labute approximate surface area is 251 Å². The Morgan fingerprint density at radius 3 is 2.58 bits per heavy atom. The van der Waals surface area contributed by atoms with E-state index in [1.165, 1.54) is 4.31 Å². The van der Waals surface area contributed by atoms with Crippen molar-refractivity contribution in [3.63, 3.8) is 0 Å². The number of benzene rings is 1. The van der Waals surface area contributed by atoms with Gasteiger partial charge in [-0.05, 0) is 81.7 Å². The van der Waals surface area contributed by atoms with Gasteiger partial charge in [-0.15, -0.1) is 0 Å². The van der Waals surface area contributed by atoms with Gasteiger partial charge in [-0.3, -0.25) is 9.10 Å². The first kappa shape index (κ1) is 28.1. The molecule has 0 radical (unpaired) electrons. The molecule has 3 aromatic heterocycles. The van der Waals surface area contributed by atoms with Crippen molar-refractivity contribution in [3.8, 4) is 17.3 Å². The number of nitrogens with zero attached hydrogens (tertiary/aromatic N) is 6. The first-order valence-electron chi connectivity index (χ1n) is 15.3. The summed E-state index contributed by atoms with van der Waals surface area (Å²) >= 11 is 0. The molecule has 3 fully saturated rings. The van der Waals surface area contributed by atoms with Gasteiger partial charge in [0.25, 0.3) is 5.91 Å². The lowest BCUT2D eigenvalue weighted by molar-refractivity contribution is 0.0708. The Bertz CT molecular complexity index is 1840. The normalized spacial score (nSPS) is 19.3. The number of nitrogens with two attached hydrogens (primary N) is 1. The maximum Gasteiger partial charge on any atom is 0.254 e. The third kappa shape index (κ3) is 4.94. The van der Waals surface area contributed by atoms with Crippen molar-refractivity contribution in [2.45, 2.75) is 63.3 Å². The summed E-state index contributed by atoms with van der Waals surface area (Å²) < 4.78 is 37.8. The molecular formula is C31H39N7O4S. The van der Waals surface area contributed by atoms with E-state index in [-0.39, 0.29) is 17.2 Å². The summed E-state index contributed by atoms with van der Waals surface area (Å²) in [5.41, 5.74) is 9.81. The van der Waals surface area contributed by atoms with E-state index in [9.17, 15) is 13.2 Å². The largest absolute Gasteiger partial charge is 0.494 e. The number of likely N-dealkylation sites (tertiary alicyclic amines) is 1. The Kier molecular flexibility index (Phi) is 6.88. The fourth-order valence-electron chi connectivity index (χ4n) is 6.40. The zero-order valence-corrected chi connectivity index (χ0v) is 25.8. The topological polar surface area (TPSA) is 129 Å². The minimum atomic E-state index is -3.43. The molecule has 0 spiro atoms. The van der Waals surface area contributed by atoms with E-state index in [4.69, 9.17) is 20.4 Å². The SMILES string of the molecule is CCN(c1ccc2cc(-c3nc4cc(C(=O)N5CCC[C@@H](N)C5)cc(OC)c4n3C)n(CC3CC3)c2n1)S(=O)(=O)C1CC1. The number of pyridine rings is 1. The first-order valence-corrected chi connectivity index (χ1v) is 16.8. The molecule has 1 aromatic carbocycles. The highest BCUT2D eigenvalue weighted by Crippen LogP contribution is 2.39. The summed E-state index contributed by atoms with van der Waals surface area (Å²) in [5.74, 6) is 2.25. The van der Waals surface area contributed by atoms with E-state index in [0.29, 0.717) is 61.0 Å². The molecule has 0 unspecified atom stereocenters. The number of anilines is 1. The molecule has 1 atom stereocenters. The number of methoxy groups -OCH3 is 1. The Balaban J connectivity index is 1.34. The highest BCUT2D eigenvalue weighted by molar-refractivity contribution is 7.93. The van der Waals surface area contributed by atoms with Crippen LogP contribution < -0.4 is 14.8 Å². The van der Waals surface area contributed by atoms with E-state index < -0.39 is 10.0 Å². The van der Waals surface area contributed by atoms with Crippen molar-refractivity contribution < 1.29 is 17.9 Å². The molecule has 228 valence electrons. The van der Waals surface area contributed by atoms with E-state index in [2.05, 4.69) is 10.6 Å². The third-order valence-electron chi connectivity index (χ3n) is 9.04. The van der Waals surface area contributed by atoms with Gasteiger partial charge in [0.15, 0.2) is 5.82 Å². The lowest BCUT2D eigenvalue weighted by atomic mass is 10.0. The molecule has 2 N–H and O–H groups in total. The van der Waals surface area contributed by atoms with Gasteiger partial charge < -0.3 is 24.5 Å². The van der Waals surface area contributed by atoms with Crippen LogP contribution in [0.2, 0.25) is 0 Å². The lowest BCUT2D eigenvalue weighted by Crippen LogP contribution is -2.45. The van der Waals surface area contributed by atoms with E-state index in [0.717, 1.165) is 60.3 Å². The highest BCUT2D eigenvalue weighted by Gasteiger charge is 2.40. The number of fused-ring (bicyclic) bond motifs is 2. The maximum absolute atomic E-state index is 13.5. The number of piperidine rings is 1. The van der Waals surface area contributed by atoms with Crippen molar-refractivity contribution >= 4 is 43.8 Å². The van der Waals surface area contributed by atoms with Crippen molar-refractivity contribution in [1.82, 2.24) is 24.0 Å². The second kappa shape index (κ2) is 10.5. The average molecular weight is 606 g/mol. The zero-order chi connectivity index (χ0) is 30.0. The van der Waals surface area contributed by atoms with Crippen LogP contribution in [0.25, 0.3) is 33.6 Å². The maximum atomic E-state index is 13.5. The second-order valence-electron chi connectivity index (χ2n) is 12.3. The fraction of sp³-hybridized carbons (Fsp3) is 0.516. The van der Waals surface area contributed by atoms with Crippen molar-refractivity contribution in [1.29, 1.82) is 0 Å². The van der Waals surface area contributed by atoms with Crippen LogP contribution >= 0.6 is 0 Å². The van der Waals surface area contributed by atoms with Gasteiger partial charge in [0.1, 0.15) is 22.7 Å². The molecule has 7 rings (SSSR count). The van der Waals surface area contributed by atoms with Crippen molar-refractivity contribution in [3.05, 3.63) is 35.9 Å². The van der Waals surface area contributed by atoms with Crippen LogP contribution in [-0.4, -0.2) is 76.4 Å². The summed E-state index contributed by atoms with van der Waals surface area (Å²) in [4.78, 5) is 25.3. The van der Waals surface area contributed by atoms with Gasteiger partial charge in [-0.2, -0.15) is 0 Å². The molecule has 1 aliphatic heterocycles. The van der Waals surface area contributed by atoms with Crippen LogP contribution in [-0.2, 0) is 23.6 Å². The molecule has 2 saturated carbocycles. The predicted octanol–water partition coefficient (Wildman–Crippen LogP) is 3.89. The third-order valence-corrected chi connectivity index (χ3v) is 11.4. The minimum absolute atomic E-state index is 0.00879. The van der Waals surface area contributed by atoms with Crippen LogP contribution in [0.4, 0.5) is 5.82 Å². The van der Waals surface area contributed by atoms with Crippen LogP contribution in [0, 0.1) is 5.92 Å². The summed E-state index contributed by atoms with van der Waals surface area (Å²) in [6.07, 6.45) is 5.53. The molecule has 43 heavy (non-hydrogen) atoms. The minimum Gasteiger partial charge on any atom is -0.494 e. The Morgan fingerprint density at radius 1 is 1.12 bits per heavy atom. The number of aromatic nitrogens is 4. The fourth-order valence-corrected chi connectivity index (χ4v) is 8.21. The molecule has 4 heterocycles. The van der Waals surface area contributed by atoms with Crippen molar-refractivity contribution in [2.24, 2.45) is 18.7 Å². The predicted molar refractivity (Wildman–Crippen MR) is 167 cm³/mol. The first-order chi connectivity index (χ1) is 20.7. The van der Waals surface area contributed by atoms with Gasteiger partial charge >= 0.3 is 0 Å². The molecule has 11 nitrogen and oxygen atoms in total. The smallest absolute Gasteiger partial charge is 0.254 e. The van der Waals surface area contributed by atoms with Gasteiger partial charge in [0.2, 0.25) is 10.0 Å². The molecule has 2 aliphatic carbocycles. The number of carbonyl (C=O) groups excluding carboxylic acids is 1. The summed E-state index contributed by atoms with van der Waals surface area (Å²) in [6.45, 7) is 4.19. The van der Waals surface area contributed by atoms with E-state index >= 15 is 0 Å². The lowest BCUT2D eigenvalue weighted by Gasteiger charge is -2.30. The number of hydrogen-bond donors (Lipinski definition) is 1. The van der Waals surface area contributed by atoms with Gasteiger partial charge in [0, 0.05) is 50.2 Å². The summed E-state index contributed by atoms with van der Waals surface area (Å²) in [5, 5.41) is 0.618. The summed E-state index contributed by atoms with van der Waals surface area (Å²) in [6, 6.07) is 9.47. The van der Waals surface area contributed by atoms with Gasteiger partial charge in [-0.25, -0.2) is 18.4 Å². The van der Waals surface area contributed by atoms with Crippen LogP contribution in [0.5, 0.6) is 5.75 Å². The highest BCUT2D eigenvalue weighted by atomic mass is 32.2. The number of rotatable bonds is 9. The van der Waals surface area contributed by atoms with E-state index in [1.807, 2.05) is 35.6 Å². The monoisotopic (exact) mass is 605 g/mol. The van der Waals surface area contributed by atoms with Gasteiger partial charge in [0.05, 0.1) is 23.6 Å². The molecular weight excluding hydrogens is 566 g/mol. The standard InChI is InChI=1S/C31H39N7O4S/c1-4-38(43(40,41)23-10-11-23)27-12-9-20-15-25(37(29(20)34-27)17-19-7-8-19)30-33-24-14-21(16-26(42-3)28(24)35(30)2)31(39)36-13-5-6-22(32)18-36/h9,12,14-16,19,22-23H,4-8,10-11,13,17-18,32H2,1-3H3/t22-/m1/s1. The number of amides is 1. The number of aryl methyl sites for hydroxylation is 1. The van der Waals surface area contributed by atoms with Crippen LogP contribution in [0.1, 0.15) is 55.8 Å². The average Bonchev–Trinajstić information content (AvgIpc) is 3.93. The van der Waals surface area contributed by atoms with Gasteiger partial charge in [-0.1, -0.05) is 0 Å². The molecule has 12 heteroatoms. The molecule has 0 bridgehead atoms. The Hall–Kier alpha value is -3.64. The van der Waals surface area contributed by atoms with E-state index in [1.54, 1.807) is 19.2 Å². The van der Waals surface area contributed by atoms with Crippen LogP contribution in [0.3, 0.4) is 0 Å². The quantitative estimate of drug-likeness (QED) is 0.307. The zero-order valence-electron chi connectivity index (χ0n) is 25.0. The molecule has 1 saturated heterocycles. The summed E-state index contributed by atoms with van der Waals surface area (Å²) in [7, 11) is 0.135. The number of sulfonamides is 1. The molecule has 3 aliphatic rings. The number of imidazole rings is 1.